The number of hydrogen-bond donors (Lipinski definition) is 0. The first-order chi connectivity index (χ1) is 12.9. The van der Waals surface area contributed by atoms with E-state index in [-0.39, 0.29) is 5.04 Å². The maximum Gasteiger partial charge on any atom is 0.261 e. The molecule has 1 fully saturated rings. The van der Waals surface area contributed by atoms with Gasteiger partial charge in [-0.25, -0.2) is 0 Å². The van der Waals surface area contributed by atoms with Gasteiger partial charge in [-0.1, -0.05) is 81.4 Å². The molecule has 1 saturated carbocycles. The fourth-order valence-electron chi connectivity index (χ4n) is 4.36. The Labute approximate surface area is 164 Å². The molecule has 2 aromatic rings. The number of methoxy groups -OCH3 is 2. The van der Waals surface area contributed by atoms with E-state index in [1.807, 2.05) is 0 Å². The Kier molecular flexibility index (Phi) is 5.92. The topological polar surface area (TPSA) is 27.7 Å². The second-order valence-electron chi connectivity index (χ2n) is 8.57. The third kappa shape index (κ3) is 3.76. The summed E-state index contributed by atoms with van der Waals surface area (Å²) in [6, 6.07) is 21.6. The lowest BCUT2D eigenvalue weighted by molar-refractivity contribution is -0.273. The lowest BCUT2D eigenvalue weighted by atomic mass is 9.79. The number of rotatable bonds is 7. The van der Waals surface area contributed by atoms with Gasteiger partial charge in [0.2, 0.25) is 0 Å². The SMILES string of the molecule is COC1(OC)CC(CO[Si](c2ccccc2)(c2ccccc2)C(C)(C)C)C1. The average molecular weight is 385 g/mol. The molecule has 0 heterocycles. The molecule has 146 valence electrons. The molecular formula is C23H32O3Si. The fraction of sp³-hybridized carbons (Fsp3) is 0.478. The average Bonchev–Trinajstić information content (AvgIpc) is 2.64. The molecule has 0 aromatic heterocycles. The van der Waals surface area contributed by atoms with Crippen LogP contribution >= 0.6 is 0 Å². The van der Waals surface area contributed by atoms with Gasteiger partial charge in [0.1, 0.15) is 0 Å². The van der Waals surface area contributed by atoms with E-state index >= 15 is 0 Å². The van der Waals surface area contributed by atoms with E-state index in [2.05, 4.69) is 81.4 Å². The number of benzene rings is 2. The van der Waals surface area contributed by atoms with Crippen LogP contribution in [0.4, 0.5) is 0 Å². The van der Waals surface area contributed by atoms with Crippen molar-refractivity contribution in [2.75, 3.05) is 20.8 Å². The minimum Gasteiger partial charge on any atom is -0.407 e. The van der Waals surface area contributed by atoms with Crippen LogP contribution in [0.15, 0.2) is 60.7 Å². The van der Waals surface area contributed by atoms with Crippen molar-refractivity contribution in [3.05, 3.63) is 60.7 Å². The van der Waals surface area contributed by atoms with Crippen LogP contribution in [0.5, 0.6) is 0 Å². The van der Waals surface area contributed by atoms with Crippen LogP contribution < -0.4 is 10.4 Å². The summed E-state index contributed by atoms with van der Waals surface area (Å²) in [7, 11) is 1.01. The summed E-state index contributed by atoms with van der Waals surface area (Å²) < 4.78 is 18.1. The van der Waals surface area contributed by atoms with Gasteiger partial charge in [-0.3, -0.25) is 0 Å². The lowest BCUT2D eigenvalue weighted by Gasteiger charge is -2.48. The monoisotopic (exact) mass is 384 g/mol. The van der Waals surface area contributed by atoms with Crippen LogP contribution in [-0.2, 0) is 13.9 Å². The van der Waals surface area contributed by atoms with E-state index in [0.29, 0.717) is 5.92 Å². The van der Waals surface area contributed by atoms with Gasteiger partial charge in [0, 0.05) is 33.7 Å². The smallest absolute Gasteiger partial charge is 0.261 e. The summed E-state index contributed by atoms with van der Waals surface area (Å²) in [6.45, 7) is 7.68. The summed E-state index contributed by atoms with van der Waals surface area (Å²) in [5.41, 5.74) is 0. The van der Waals surface area contributed by atoms with Crippen molar-refractivity contribution in [2.24, 2.45) is 5.92 Å². The van der Waals surface area contributed by atoms with E-state index in [9.17, 15) is 0 Å². The van der Waals surface area contributed by atoms with Crippen molar-refractivity contribution in [3.63, 3.8) is 0 Å². The predicted molar refractivity (Wildman–Crippen MR) is 113 cm³/mol. The molecule has 27 heavy (non-hydrogen) atoms. The molecular weight excluding hydrogens is 352 g/mol. The number of hydrogen-bond acceptors (Lipinski definition) is 3. The Hall–Kier alpha value is -1.46. The predicted octanol–water partition coefficient (Wildman–Crippen LogP) is 3.96. The molecule has 0 radical (unpaired) electrons. The molecule has 0 saturated heterocycles. The van der Waals surface area contributed by atoms with Gasteiger partial charge < -0.3 is 13.9 Å². The lowest BCUT2D eigenvalue weighted by Crippen LogP contribution is -2.67. The van der Waals surface area contributed by atoms with Gasteiger partial charge in [0.25, 0.3) is 8.32 Å². The van der Waals surface area contributed by atoms with Crippen molar-refractivity contribution >= 4 is 18.7 Å². The Morgan fingerprint density at radius 2 is 1.30 bits per heavy atom. The third-order valence-corrected chi connectivity index (χ3v) is 10.9. The highest BCUT2D eigenvalue weighted by atomic mass is 28.4. The van der Waals surface area contributed by atoms with Crippen molar-refractivity contribution in [2.45, 2.75) is 44.4 Å². The summed E-state index contributed by atoms with van der Waals surface area (Å²) >= 11 is 0. The van der Waals surface area contributed by atoms with Crippen molar-refractivity contribution in [3.8, 4) is 0 Å². The Morgan fingerprint density at radius 3 is 1.67 bits per heavy atom. The van der Waals surface area contributed by atoms with Gasteiger partial charge >= 0.3 is 0 Å². The first-order valence-electron chi connectivity index (χ1n) is 9.72. The Morgan fingerprint density at radius 1 is 0.852 bits per heavy atom. The minimum absolute atomic E-state index is 0.0130. The van der Waals surface area contributed by atoms with E-state index in [4.69, 9.17) is 13.9 Å². The van der Waals surface area contributed by atoms with Crippen molar-refractivity contribution in [1.29, 1.82) is 0 Å². The molecule has 0 N–H and O–H groups in total. The zero-order valence-corrected chi connectivity index (χ0v) is 18.2. The quantitative estimate of drug-likeness (QED) is 0.534. The van der Waals surface area contributed by atoms with Crippen LogP contribution in [0.3, 0.4) is 0 Å². The molecule has 0 bridgehead atoms. The summed E-state index contributed by atoms with van der Waals surface area (Å²) in [6.07, 6.45) is 1.77. The van der Waals surface area contributed by atoms with Gasteiger partial charge in [0.05, 0.1) is 0 Å². The van der Waals surface area contributed by atoms with Crippen LogP contribution in [0.1, 0.15) is 33.6 Å². The maximum atomic E-state index is 6.98. The molecule has 0 aliphatic heterocycles. The Balaban J connectivity index is 1.93. The molecule has 0 spiro atoms. The second kappa shape index (κ2) is 7.88. The van der Waals surface area contributed by atoms with E-state index < -0.39 is 14.1 Å². The van der Waals surface area contributed by atoms with E-state index in [1.54, 1.807) is 14.2 Å². The van der Waals surface area contributed by atoms with Crippen LogP contribution in [0.25, 0.3) is 0 Å². The largest absolute Gasteiger partial charge is 0.407 e. The van der Waals surface area contributed by atoms with E-state index in [0.717, 1.165) is 19.4 Å². The highest BCUT2D eigenvalue weighted by molar-refractivity contribution is 6.99. The molecule has 1 aliphatic carbocycles. The van der Waals surface area contributed by atoms with Crippen LogP contribution in [-0.4, -0.2) is 34.9 Å². The van der Waals surface area contributed by atoms with Crippen molar-refractivity contribution < 1.29 is 13.9 Å². The molecule has 0 amide bonds. The third-order valence-electron chi connectivity index (χ3n) is 5.90. The van der Waals surface area contributed by atoms with Crippen LogP contribution in [0.2, 0.25) is 5.04 Å². The first kappa shape index (κ1) is 20.3. The fourth-order valence-corrected chi connectivity index (χ4v) is 9.00. The Bertz CT molecular complexity index is 673. The summed E-state index contributed by atoms with van der Waals surface area (Å²) in [4.78, 5) is 0. The second-order valence-corrected chi connectivity index (χ2v) is 12.9. The maximum absolute atomic E-state index is 6.98. The number of ether oxygens (including phenoxy) is 2. The highest BCUT2D eigenvalue weighted by Gasteiger charge is 2.52. The normalized spacial score (nSPS) is 17.5. The van der Waals surface area contributed by atoms with Gasteiger partial charge in [-0.15, -0.1) is 0 Å². The first-order valence-corrected chi connectivity index (χ1v) is 11.6. The zero-order chi connectivity index (χ0) is 19.5. The van der Waals surface area contributed by atoms with Gasteiger partial charge in [-0.05, 0) is 21.3 Å². The molecule has 0 atom stereocenters. The summed E-state index contributed by atoms with van der Waals surface area (Å²) in [5, 5.41) is 2.67. The summed E-state index contributed by atoms with van der Waals surface area (Å²) in [5.74, 6) is 0.0472. The minimum atomic E-state index is -2.44. The molecule has 2 aromatic carbocycles. The highest BCUT2D eigenvalue weighted by Crippen LogP contribution is 2.43. The van der Waals surface area contributed by atoms with Gasteiger partial charge in [-0.2, -0.15) is 0 Å². The zero-order valence-electron chi connectivity index (χ0n) is 17.2. The van der Waals surface area contributed by atoms with Crippen LogP contribution in [0, 0.1) is 5.92 Å². The standard InChI is InChI=1S/C23H32O3Si/c1-22(2,3)27(20-12-8-6-9-13-20,21-14-10-7-11-15-21)26-18-19-16-23(17-19,24-4)25-5/h6-15,19H,16-18H2,1-5H3. The molecule has 3 nitrogen and oxygen atoms in total. The van der Waals surface area contributed by atoms with E-state index in [1.165, 1.54) is 10.4 Å². The molecule has 3 rings (SSSR count). The molecule has 4 heteroatoms. The molecule has 1 aliphatic rings. The van der Waals surface area contributed by atoms with Crippen molar-refractivity contribution in [1.82, 2.24) is 0 Å². The van der Waals surface area contributed by atoms with Gasteiger partial charge in [0.15, 0.2) is 5.79 Å². The molecule has 0 unspecified atom stereocenters.